The number of aromatic amines is 1. The lowest BCUT2D eigenvalue weighted by molar-refractivity contribution is 0.414. The topological polar surface area (TPSA) is 84.1 Å². The van der Waals surface area contributed by atoms with Crippen LogP contribution in [0.25, 0.3) is 0 Å². The molecule has 96 valence electrons. The first kappa shape index (κ1) is 12.4. The van der Waals surface area contributed by atoms with Crippen molar-refractivity contribution in [3.05, 3.63) is 36.0 Å². The third kappa shape index (κ3) is 2.45. The minimum atomic E-state index is -3.62. The number of nitrogens with zero attached hydrogens (tertiary/aromatic N) is 1. The predicted molar refractivity (Wildman–Crippen MR) is 67.1 cm³/mol. The smallest absolute Gasteiger partial charge is 0.263 e. The monoisotopic (exact) mass is 267 g/mol. The van der Waals surface area contributed by atoms with Gasteiger partial charge in [-0.05, 0) is 30.7 Å². The van der Waals surface area contributed by atoms with Gasteiger partial charge >= 0.3 is 0 Å². The van der Waals surface area contributed by atoms with Gasteiger partial charge in [0.15, 0.2) is 0 Å². The van der Waals surface area contributed by atoms with Gasteiger partial charge in [0.25, 0.3) is 10.0 Å². The second-order valence-corrected chi connectivity index (χ2v) is 5.36. The fourth-order valence-electron chi connectivity index (χ4n) is 1.56. The number of aromatic nitrogens is 2. The van der Waals surface area contributed by atoms with Gasteiger partial charge in [0.2, 0.25) is 0 Å². The van der Waals surface area contributed by atoms with Crippen molar-refractivity contribution in [1.82, 2.24) is 10.2 Å². The lowest BCUT2D eigenvalue weighted by Gasteiger charge is -2.09. The number of nitrogens with one attached hydrogen (secondary N) is 2. The summed E-state index contributed by atoms with van der Waals surface area (Å²) in [7, 11) is -2.08. The Labute approximate surface area is 105 Å². The van der Waals surface area contributed by atoms with Gasteiger partial charge in [0, 0.05) is 6.07 Å². The molecule has 1 aromatic carbocycles. The van der Waals surface area contributed by atoms with Crippen molar-refractivity contribution in [2.24, 2.45) is 0 Å². The summed E-state index contributed by atoms with van der Waals surface area (Å²) in [6.45, 7) is 1.71. The van der Waals surface area contributed by atoms with Crippen LogP contribution in [0, 0.1) is 6.92 Å². The maximum absolute atomic E-state index is 12.1. The van der Waals surface area contributed by atoms with E-state index >= 15 is 0 Å². The Hall–Kier alpha value is -2.02. The zero-order valence-corrected chi connectivity index (χ0v) is 10.8. The van der Waals surface area contributed by atoms with E-state index in [0.717, 1.165) is 0 Å². The molecule has 0 fully saturated rings. The molecule has 18 heavy (non-hydrogen) atoms. The molecule has 0 bridgehead atoms. The molecular formula is C11H13N3O3S. The molecule has 2 N–H and O–H groups in total. The van der Waals surface area contributed by atoms with E-state index in [2.05, 4.69) is 14.9 Å². The largest absolute Gasteiger partial charge is 0.497 e. The van der Waals surface area contributed by atoms with Crippen LogP contribution in [0.4, 0.5) is 5.82 Å². The van der Waals surface area contributed by atoms with Gasteiger partial charge < -0.3 is 4.74 Å². The molecule has 0 aliphatic rings. The fraction of sp³-hybridized carbons (Fsp3) is 0.182. The highest BCUT2D eigenvalue weighted by Crippen LogP contribution is 2.22. The minimum Gasteiger partial charge on any atom is -0.497 e. The predicted octanol–water partition coefficient (Wildman–Crippen LogP) is 1.53. The number of methoxy groups -OCH3 is 1. The van der Waals surface area contributed by atoms with Crippen LogP contribution in [-0.2, 0) is 10.0 Å². The molecule has 0 atom stereocenters. The standard InChI is InChI=1S/C11H13N3O3S/c1-8-7-9(17-2)3-4-10(8)18(15,16)14-11-5-6-12-13-11/h3-7H,1-2H3,(H2,12,13,14). The maximum Gasteiger partial charge on any atom is 0.263 e. The van der Waals surface area contributed by atoms with Crippen molar-refractivity contribution in [1.29, 1.82) is 0 Å². The molecule has 0 saturated carbocycles. The molecule has 1 heterocycles. The number of hydrogen-bond donors (Lipinski definition) is 2. The van der Waals surface area contributed by atoms with Crippen LogP contribution >= 0.6 is 0 Å². The number of aryl methyl sites for hydroxylation is 1. The molecule has 6 nitrogen and oxygen atoms in total. The van der Waals surface area contributed by atoms with Crippen molar-refractivity contribution in [2.45, 2.75) is 11.8 Å². The van der Waals surface area contributed by atoms with E-state index in [-0.39, 0.29) is 4.90 Å². The van der Waals surface area contributed by atoms with E-state index in [1.807, 2.05) is 0 Å². The second kappa shape index (κ2) is 4.69. The van der Waals surface area contributed by atoms with Gasteiger partial charge in [-0.3, -0.25) is 9.82 Å². The molecule has 0 radical (unpaired) electrons. The van der Waals surface area contributed by atoms with E-state index in [9.17, 15) is 8.42 Å². The molecule has 0 aliphatic carbocycles. The Balaban J connectivity index is 2.35. The first-order valence-electron chi connectivity index (χ1n) is 5.20. The maximum atomic E-state index is 12.1. The van der Waals surface area contributed by atoms with E-state index in [1.54, 1.807) is 19.1 Å². The van der Waals surface area contributed by atoms with Gasteiger partial charge in [-0.15, -0.1) is 0 Å². The molecule has 0 unspecified atom stereocenters. The molecular weight excluding hydrogens is 254 g/mol. The Morgan fingerprint density at radius 1 is 1.33 bits per heavy atom. The summed E-state index contributed by atoms with van der Waals surface area (Å²) < 4.78 is 31.7. The number of sulfonamides is 1. The Bertz CT molecular complexity index is 636. The highest BCUT2D eigenvalue weighted by Gasteiger charge is 2.17. The average molecular weight is 267 g/mol. The normalized spacial score (nSPS) is 11.2. The van der Waals surface area contributed by atoms with Gasteiger partial charge in [0.05, 0.1) is 18.2 Å². The van der Waals surface area contributed by atoms with Crippen LogP contribution in [0.2, 0.25) is 0 Å². The zero-order valence-electron chi connectivity index (χ0n) is 9.97. The Kier molecular flexibility index (Phi) is 3.24. The lowest BCUT2D eigenvalue weighted by Crippen LogP contribution is -2.14. The number of benzene rings is 1. The zero-order chi connectivity index (χ0) is 13.2. The molecule has 0 spiro atoms. The first-order valence-corrected chi connectivity index (χ1v) is 6.68. The molecule has 0 amide bonds. The summed E-state index contributed by atoms with van der Waals surface area (Å²) in [5.41, 5.74) is 0.612. The van der Waals surface area contributed by atoms with Crippen LogP contribution in [0.5, 0.6) is 5.75 Å². The third-order valence-electron chi connectivity index (χ3n) is 2.42. The van der Waals surface area contributed by atoms with Crippen LogP contribution in [0.1, 0.15) is 5.56 Å². The molecule has 0 aliphatic heterocycles. The number of rotatable bonds is 4. The van der Waals surface area contributed by atoms with E-state index < -0.39 is 10.0 Å². The van der Waals surface area contributed by atoms with Crippen molar-refractivity contribution in [2.75, 3.05) is 11.8 Å². The van der Waals surface area contributed by atoms with E-state index in [4.69, 9.17) is 4.74 Å². The van der Waals surface area contributed by atoms with Crippen LogP contribution < -0.4 is 9.46 Å². The minimum absolute atomic E-state index is 0.206. The van der Waals surface area contributed by atoms with E-state index in [0.29, 0.717) is 17.1 Å². The summed E-state index contributed by atoms with van der Waals surface area (Å²) in [5, 5.41) is 6.22. The van der Waals surface area contributed by atoms with Crippen molar-refractivity contribution >= 4 is 15.8 Å². The fourth-order valence-corrected chi connectivity index (χ4v) is 2.81. The molecule has 2 aromatic rings. The summed E-state index contributed by atoms with van der Waals surface area (Å²) in [6.07, 6.45) is 1.47. The number of H-pyrrole nitrogens is 1. The van der Waals surface area contributed by atoms with Crippen molar-refractivity contribution < 1.29 is 13.2 Å². The Morgan fingerprint density at radius 2 is 2.11 bits per heavy atom. The molecule has 1 aromatic heterocycles. The van der Waals surface area contributed by atoms with Gasteiger partial charge in [-0.2, -0.15) is 5.10 Å². The van der Waals surface area contributed by atoms with Crippen LogP contribution in [-0.4, -0.2) is 25.7 Å². The SMILES string of the molecule is COc1ccc(S(=O)(=O)Nc2ccn[nH]2)c(C)c1. The summed E-state index contributed by atoms with van der Waals surface area (Å²) in [4.78, 5) is 0.206. The van der Waals surface area contributed by atoms with Crippen LogP contribution in [0.15, 0.2) is 35.4 Å². The lowest BCUT2D eigenvalue weighted by atomic mass is 10.2. The van der Waals surface area contributed by atoms with Gasteiger partial charge in [-0.25, -0.2) is 8.42 Å². The van der Waals surface area contributed by atoms with Crippen molar-refractivity contribution in [3.8, 4) is 5.75 Å². The summed E-state index contributed by atoms with van der Waals surface area (Å²) in [5.74, 6) is 0.943. The summed E-state index contributed by atoms with van der Waals surface area (Å²) >= 11 is 0. The molecule has 7 heteroatoms. The highest BCUT2D eigenvalue weighted by molar-refractivity contribution is 7.92. The summed E-state index contributed by atoms with van der Waals surface area (Å²) in [6, 6.07) is 6.32. The second-order valence-electron chi connectivity index (χ2n) is 3.71. The quantitative estimate of drug-likeness (QED) is 0.879. The molecule has 2 rings (SSSR count). The van der Waals surface area contributed by atoms with E-state index in [1.165, 1.54) is 25.4 Å². The first-order chi connectivity index (χ1) is 8.53. The third-order valence-corrected chi connectivity index (χ3v) is 3.94. The average Bonchev–Trinajstić information content (AvgIpc) is 2.80. The number of anilines is 1. The number of ether oxygens (including phenoxy) is 1. The highest BCUT2D eigenvalue weighted by atomic mass is 32.2. The number of hydrogen-bond acceptors (Lipinski definition) is 4. The van der Waals surface area contributed by atoms with Crippen molar-refractivity contribution in [3.63, 3.8) is 0 Å². The molecule has 0 saturated heterocycles. The van der Waals surface area contributed by atoms with Gasteiger partial charge in [-0.1, -0.05) is 0 Å². The Morgan fingerprint density at radius 3 is 2.67 bits per heavy atom. The van der Waals surface area contributed by atoms with Crippen LogP contribution in [0.3, 0.4) is 0 Å². The van der Waals surface area contributed by atoms with Gasteiger partial charge in [0.1, 0.15) is 11.6 Å².